The predicted octanol–water partition coefficient (Wildman–Crippen LogP) is 6.12. The quantitative estimate of drug-likeness (QED) is 0.354. The Labute approximate surface area is 182 Å². The molecule has 0 atom stereocenters. The van der Waals surface area contributed by atoms with E-state index in [0.29, 0.717) is 22.6 Å². The van der Waals surface area contributed by atoms with E-state index in [1.54, 1.807) is 24.3 Å². The Kier molecular flexibility index (Phi) is 5.11. The molecule has 0 bridgehead atoms. The van der Waals surface area contributed by atoms with Crippen LogP contribution in [0.5, 0.6) is 0 Å². The van der Waals surface area contributed by atoms with Gasteiger partial charge in [-0.25, -0.2) is 13.8 Å². The number of aromatic amines is 1. The van der Waals surface area contributed by atoms with Gasteiger partial charge in [0, 0.05) is 34.6 Å². The molecule has 6 heteroatoms. The highest BCUT2D eigenvalue weighted by Crippen LogP contribution is 2.33. The SMILES string of the molecule is O=C(Cc1nc(-c2cccc(F)c2)c(-c2cccc(F)c2)o1)Cc1c[nH]c2ccccc12. The number of nitrogens with zero attached hydrogens (tertiary/aromatic N) is 1. The van der Waals surface area contributed by atoms with E-state index in [2.05, 4.69) is 9.97 Å². The number of rotatable bonds is 6. The van der Waals surface area contributed by atoms with E-state index in [0.717, 1.165) is 16.5 Å². The highest BCUT2D eigenvalue weighted by atomic mass is 19.1. The molecule has 4 nitrogen and oxygen atoms in total. The van der Waals surface area contributed by atoms with Crippen LogP contribution in [0.4, 0.5) is 8.78 Å². The lowest BCUT2D eigenvalue weighted by Crippen LogP contribution is -2.06. The first kappa shape index (κ1) is 19.9. The van der Waals surface area contributed by atoms with Crippen molar-refractivity contribution in [3.8, 4) is 22.6 Å². The summed E-state index contributed by atoms with van der Waals surface area (Å²) in [6.07, 6.45) is 2.02. The molecule has 0 aliphatic carbocycles. The van der Waals surface area contributed by atoms with E-state index in [9.17, 15) is 13.6 Å². The number of ketones is 1. The van der Waals surface area contributed by atoms with Gasteiger partial charge in [0.2, 0.25) is 5.89 Å². The van der Waals surface area contributed by atoms with Gasteiger partial charge < -0.3 is 9.40 Å². The lowest BCUT2D eigenvalue weighted by molar-refractivity contribution is -0.118. The number of carbonyl (C=O) groups excluding carboxylic acids is 1. The van der Waals surface area contributed by atoms with Crippen molar-refractivity contribution in [1.82, 2.24) is 9.97 Å². The van der Waals surface area contributed by atoms with Gasteiger partial charge >= 0.3 is 0 Å². The number of benzene rings is 3. The Morgan fingerprint density at radius 3 is 2.38 bits per heavy atom. The van der Waals surface area contributed by atoms with Crippen LogP contribution in [-0.2, 0) is 17.6 Å². The van der Waals surface area contributed by atoms with E-state index in [1.807, 2.05) is 30.5 Å². The number of fused-ring (bicyclic) bond motifs is 1. The van der Waals surface area contributed by atoms with E-state index < -0.39 is 11.6 Å². The number of Topliss-reactive ketones (excluding diaryl/α,β-unsaturated/α-hetero) is 1. The summed E-state index contributed by atoms with van der Waals surface area (Å²) < 4.78 is 33.6. The van der Waals surface area contributed by atoms with Crippen LogP contribution in [0.2, 0.25) is 0 Å². The molecule has 2 aromatic heterocycles. The summed E-state index contributed by atoms with van der Waals surface area (Å²) in [5.74, 6) is -0.431. The first-order valence-corrected chi connectivity index (χ1v) is 10.1. The highest BCUT2D eigenvalue weighted by molar-refractivity contribution is 5.90. The van der Waals surface area contributed by atoms with E-state index in [1.165, 1.54) is 24.3 Å². The summed E-state index contributed by atoms with van der Waals surface area (Å²) in [4.78, 5) is 20.4. The molecular weight excluding hydrogens is 410 g/mol. The average molecular weight is 428 g/mol. The fraction of sp³-hybridized carbons (Fsp3) is 0.0769. The normalized spacial score (nSPS) is 11.2. The summed E-state index contributed by atoms with van der Waals surface area (Å²) in [5, 5.41) is 0.995. The lowest BCUT2D eigenvalue weighted by Gasteiger charge is -2.02. The third-order valence-corrected chi connectivity index (χ3v) is 5.27. The summed E-state index contributed by atoms with van der Waals surface area (Å²) in [7, 11) is 0. The zero-order valence-electron chi connectivity index (χ0n) is 16.9. The Balaban J connectivity index is 1.47. The number of hydrogen-bond acceptors (Lipinski definition) is 3. The Hall–Kier alpha value is -4.06. The third kappa shape index (κ3) is 3.95. The first-order chi connectivity index (χ1) is 15.6. The van der Waals surface area contributed by atoms with Crippen LogP contribution in [0, 0.1) is 11.6 Å². The van der Waals surface area contributed by atoms with Crippen LogP contribution in [0.3, 0.4) is 0 Å². The van der Waals surface area contributed by atoms with Gasteiger partial charge in [0.15, 0.2) is 5.76 Å². The smallest absolute Gasteiger partial charge is 0.202 e. The summed E-state index contributed by atoms with van der Waals surface area (Å²) in [5.41, 5.74) is 3.18. The molecule has 5 rings (SSSR count). The van der Waals surface area contributed by atoms with Gasteiger partial charge in [-0.3, -0.25) is 4.79 Å². The molecule has 2 heterocycles. The van der Waals surface area contributed by atoms with Crippen LogP contribution < -0.4 is 0 Å². The summed E-state index contributed by atoms with van der Waals surface area (Å²) >= 11 is 0. The minimum atomic E-state index is -0.430. The molecule has 32 heavy (non-hydrogen) atoms. The fourth-order valence-electron chi connectivity index (χ4n) is 3.82. The average Bonchev–Trinajstić information content (AvgIpc) is 3.38. The number of aromatic nitrogens is 2. The van der Waals surface area contributed by atoms with E-state index >= 15 is 0 Å². The topological polar surface area (TPSA) is 58.9 Å². The number of H-pyrrole nitrogens is 1. The van der Waals surface area contributed by atoms with Gasteiger partial charge in [0.25, 0.3) is 0 Å². The summed E-state index contributed by atoms with van der Waals surface area (Å²) in [6, 6.07) is 19.6. The minimum Gasteiger partial charge on any atom is -0.440 e. The predicted molar refractivity (Wildman–Crippen MR) is 118 cm³/mol. The molecule has 0 unspecified atom stereocenters. The zero-order valence-corrected chi connectivity index (χ0v) is 16.9. The second-order valence-electron chi connectivity index (χ2n) is 7.56. The molecule has 158 valence electrons. The number of hydrogen-bond donors (Lipinski definition) is 1. The van der Waals surface area contributed by atoms with Crippen LogP contribution in [-0.4, -0.2) is 15.8 Å². The summed E-state index contributed by atoms with van der Waals surface area (Å²) in [6.45, 7) is 0. The minimum absolute atomic E-state index is 0.0306. The zero-order chi connectivity index (χ0) is 22.1. The van der Waals surface area contributed by atoms with Gasteiger partial charge in [0.1, 0.15) is 23.1 Å². The fourth-order valence-corrected chi connectivity index (χ4v) is 3.82. The molecule has 0 saturated heterocycles. The van der Waals surface area contributed by atoms with Crippen molar-refractivity contribution in [1.29, 1.82) is 0 Å². The van der Waals surface area contributed by atoms with E-state index in [-0.39, 0.29) is 24.5 Å². The second-order valence-corrected chi connectivity index (χ2v) is 7.56. The van der Waals surface area contributed by atoms with Crippen LogP contribution in [0.15, 0.2) is 83.4 Å². The molecule has 0 saturated carbocycles. The van der Waals surface area contributed by atoms with Crippen LogP contribution in [0.25, 0.3) is 33.5 Å². The van der Waals surface area contributed by atoms with Crippen molar-refractivity contribution < 1.29 is 18.0 Å². The number of oxazole rings is 1. The maximum absolute atomic E-state index is 13.8. The lowest BCUT2D eigenvalue weighted by atomic mass is 10.1. The Morgan fingerprint density at radius 2 is 1.59 bits per heavy atom. The van der Waals surface area contributed by atoms with Gasteiger partial charge in [-0.05, 0) is 35.9 Å². The van der Waals surface area contributed by atoms with Gasteiger partial charge in [-0.2, -0.15) is 0 Å². The van der Waals surface area contributed by atoms with E-state index in [4.69, 9.17) is 4.42 Å². The molecule has 0 amide bonds. The Morgan fingerprint density at radius 1 is 0.875 bits per heavy atom. The first-order valence-electron chi connectivity index (χ1n) is 10.1. The number of nitrogens with one attached hydrogen (secondary N) is 1. The highest BCUT2D eigenvalue weighted by Gasteiger charge is 2.20. The Bertz CT molecular complexity index is 1370. The van der Waals surface area contributed by atoms with Crippen molar-refractivity contribution in [2.75, 3.05) is 0 Å². The maximum atomic E-state index is 13.8. The molecule has 0 aliphatic rings. The number of halogens is 2. The molecule has 0 spiro atoms. The van der Waals surface area contributed by atoms with Crippen LogP contribution in [0.1, 0.15) is 11.5 Å². The molecule has 1 N–H and O–H groups in total. The monoisotopic (exact) mass is 428 g/mol. The maximum Gasteiger partial charge on any atom is 0.202 e. The van der Waals surface area contributed by atoms with Crippen molar-refractivity contribution in [3.05, 3.63) is 102 Å². The molecule has 0 fully saturated rings. The standard InChI is InChI=1S/C26H18F2N2O2/c27-19-7-3-5-16(11-19)25-26(17-6-4-8-20(28)12-17)32-24(30-25)14-21(31)13-18-15-29-23-10-2-1-9-22(18)23/h1-12,15,29H,13-14H2. The van der Waals surface area contributed by atoms with Crippen molar-refractivity contribution in [3.63, 3.8) is 0 Å². The van der Waals surface area contributed by atoms with Crippen molar-refractivity contribution >= 4 is 16.7 Å². The number of carbonyl (C=O) groups is 1. The number of para-hydroxylation sites is 1. The largest absolute Gasteiger partial charge is 0.440 e. The molecule has 0 radical (unpaired) electrons. The third-order valence-electron chi connectivity index (χ3n) is 5.27. The second kappa shape index (κ2) is 8.23. The van der Waals surface area contributed by atoms with Crippen molar-refractivity contribution in [2.24, 2.45) is 0 Å². The van der Waals surface area contributed by atoms with Crippen LogP contribution >= 0.6 is 0 Å². The molecular formula is C26H18F2N2O2. The molecule has 0 aliphatic heterocycles. The van der Waals surface area contributed by atoms with Gasteiger partial charge in [-0.15, -0.1) is 0 Å². The van der Waals surface area contributed by atoms with Crippen molar-refractivity contribution in [2.45, 2.75) is 12.8 Å². The van der Waals surface area contributed by atoms with Gasteiger partial charge in [-0.1, -0.05) is 42.5 Å². The molecule has 3 aromatic carbocycles. The van der Waals surface area contributed by atoms with Gasteiger partial charge in [0.05, 0.1) is 6.42 Å². The molecule has 5 aromatic rings.